The molecule has 18 nitrogen and oxygen atoms in total. The van der Waals surface area contributed by atoms with Crippen molar-refractivity contribution in [1.29, 1.82) is 0 Å². The molecule has 1 saturated heterocycles. The molecule has 8 N–H and O–H groups in total. The normalized spacial score (nSPS) is 31.2. The van der Waals surface area contributed by atoms with E-state index in [1.165, 1.54) is 0 Å². The molecule has 1 aliphatic rings. The van der Waals surface area contributed by atoms with Crippen molar-refractivity contribution in [3.63, 3.8) is 0 Å². The summed E-state index contributed by atoms with van der Waals surface area (Å²) >= 11 is 0. The highest BCUT2D eigenvalue weighted by atomic mass is 31.3. The standard InChI is InChI=1S/C9H15N2O16P3/c12-5-1-2-11(8(15)10-5)9(16)7(14)6(13)4(25-9)3-24-29(20,21)27-30(22,23)26-28(17,18)19/h1-2,4,6-7,13-14,16H,3H2,(H,20,21)(H,22,23)(H,10,12,15)(H2,17,18,19)/t4-,6-,7-,9-/m1/s1. The number of aliphatic hydroxyl groups is 3. The van der Waals surface area contributed by atoms with E-state index in [1.807, 2.05) is 0 Å². The Morgan fingerprint density at radius 3 is 2.23 bits per heavy atom. The number of hydrogen-bond donors (Lipinski definition) is 8. The Bertz CT molecular complexity index is 1040. The lowest BCUT2D eigenvalue weighted by atomic mass is 10.1. The van der Waals surface area contributed by atoms with Crippen LogP contribution in [-0.4, -0.2) is 69.4 Å². The van der Waals surface area contributed by atoms with Gasteiger partial charge in [0.05, 0.1) is 6.61 Å². The van der Waals surface area contributed by atoms with Crippen LogP contribution in [0.15, 0.2) is 21.9 Å². The van der Waals surface area contributed by atoms with Crippen LogP contribution in [0.4, 0.5) is 0 Å². The highest BCUT2D eigenvalue weighted by Gasteiger charge is 2.56. The van der Waals surface area contributed by atoms with Crippen LogP contribution in [-0.2, 0) is 37.5 Å². The van der Waals surface area contributed by atoms with E-state index in [0.717, 1.165) is 6.07 Å². The summed E-state index contributed by atoms with van der Waals surface area (Å²) in [4.78, 5) is 59.9. The molecule has 0 aliphatic carbocycles. The molecule has 172 valence electrons. The number of nitrogens with one attached hydrogen (secondary N) is 1. The average molecular weight is 500 g/mol. The number of phosphoric ester groups is 1. The molecular weight excluding hydrogens is 485 g/mol. The highest BCUT2D eigenvalue weighted by Crippen LogP contribution is 2.66. The fourth-order valence-corrected chi connectivity index (χ4v) is 5.29. The van der Waals surface area contributed by atoms with Gasteiger partial charge in [-0.1, -0.05) is 0 Å². The molecule has 2 unspecified atom stereocenters. The van der Waals surface area contributed by atoms with Gasteiger partial charge in [-0.25, -0.2) is 23.1 Å². The zero-order valence-corrected chi connectivity index (χ0v) is 16.9. The number of hydrogen-bond acceptors (Lipinski definition) is 12. The Labute approximate surface area is 164 Å². The van der Waals surface area contributed by atoms with Crippen LogP contribution in [0.1, 0.15) is 0 Å². The molecule has 1 aromatic rings. The van der Waals surface area contributed by atoms with E-state index in [9.17, 15) is 43.5 Å². The Balaban J connectivity index is 2.13. The summed E-state index contributed by atoms with van der Waals surface area (Å²) in [6.07, 6.45) is -5.47. The predicted molar refractivity (Wildman–Crippen MR) is 88.2 cm³/mol. The van der Waals surface area contributed by atoms with Crippen LogP contribution >= 0.6 is 23.5 Å². The minimum atomic E-state index is -5.79. The van der Waals surface area contributed by atoms with Gasteiger partial charge in [-0.05, 0) is 0 Å². The predicted octanol–water partition coefficient (Wildman–Crippen LogP) is -3.40. The van der Waals surface area contributed by atoms with Crippen molar-refractivity contribution in [3.8, 4) is 0 Å². The molecular formula is C9H15N2O16P3. The minimum absolute atomic E-state index is 0.285. The number of rotatable bonds is 8. The summed E-state index contributed by atoms with van der Waals surface area (Å²) in [5, 5.41) is 30.3. The van der Waals surface area contributed by atoms with Gasteiger partial charge in [-0.15, -0.1) is 0 Å². The highest BCUT2D eigenvalue weighted by molar-refractivity contribution is 7.66. The maximum absolute atomic E-state index is 11.8. The van der Waals surface area contributed by atoms with Crippen molar-refractivity contribution in [1.82, 2.24) is 9.55 Å². The zero-order chi connectivity index (χ0) is 23.1. The Kier molecular flexibility index (Phi) is 7.10. The third-order valence-electron chi connectivity index (χ3n) is 3.40. The van der Waals surface area contributed by atoms with Crippen molar-refractivity contribution >= 4 is 23.5 Å². The molecule has 2 rings (SSSR count). The topological polar surface area (TPSA) is 285 Å². The molecule has 0 aromatic carbocycles. The molecule has 0 bridgehead atoms. The van der Waals surface area contributed by atoms with Crippen molar-refractivity contribution in [2.45, 2.75) is 24.2 Å². The van der Waals surface area contributed by atoms with Gasteiger partial charge in [0.1, 0.15) is 12.2 Å². The summed E-state index contributed by atoms with van der Waals surface area (Å²) in [7, 11) is -17.0. The number of aliphatic hydroxyl groups excluding tert-OH is 2. The van der Waals surface area contributed by atoms with Crippen LogP contribution < -0.4 is 11.2 Å². The van der Waals surface area contributed by atoms with E-state index in [2.05, 4.69) is 13.1 Å². The average Bonchev–Trinajstić information content (AvgIpc) is 2.74. The molecule has 0 saturated carbocycles. The monoisotopic (exact) mass is 500 g/mol. The maximum Gasteiger partial charge on any atom is 0.490 e. The van der Waals surface area contributed by atoms with Crippen LogP contribution in [0.25, 0.3) is 0 Å². The fourth-order valence-electron chi connectivity index (χ4n) is 2.26. The summed E-state index contributed by atoms with van der Waals surface area (Å²) in [5.74, 6) is -2.97. The first-order chi connectivity index (χ1) is 13.5. The maximum atomic E-state index is 11.8. The van der Waals surface area contributed by atoms with Crippen molar-refractivity contribution in [2.24, 2.45) is 0 Å². The lowest BCUT2D eigenvalue weighted by Crippen LogP contribution is -2.51. The fraction of sp³-hybridized carbons (Fsp3) is 0.556. The van der Waals surface area contributed by atoms with Gasteiger partial charge in [0.15, 0.2) is 6.10 Å². The van der Waals surface area contributed by atoms with Gasteiger partial charge in [0, 0.05) is 12.3 Å². The van der Waals surface area contributed by atoms with Gasteiger partial charge in [-0.2, -0.15) is 8.62 Å². The van der Waals surface area contributed by atoms with Crippen molar-refractivity contribution in [3.05, 3.63) is 33.1 Å². The summed E-state index contributed by atoms with van der Waals surface area (Å²) < 4.78 is 49.8. The molecule has 1 aromatic heterocycles. The van der Waals surface area contributed by atoms with E-state index in [0.29, 0.717) is 6.20 Å². The van der Waals surface area contributed by atoms with Crippen LogP contribution in [0.3, 0.4) is 0 Å². The van der Waals surface area contributed by atoms with Gasteiger partial charge < -0.3 is 39.6 Å². The molecule has 0 radical (unpaired) electrons. The summed E-state index contributed by atoms with van der Waals surface area (Å²) in [5.41, 5.74) is -2.12. The Morgan fingerprint density at radius 2 is 1.70 bits per heavy atom. The van der Waals surface area contributed by atoms with E-state index < -0.39 is 65.5 Å². The van der Waals surface area contributed by atoms with E-state index in [1.54, 1.807) is 4.98 Å². The lowest BCUT2D eigenvalue weighted by molar-refractivity contribution is -0.290. The third-order valence-corrected chi connectivity index (χ3v) is 7.20. The minimum Gasteiger partial charge on any atom is -0.387 e. The summed E-state index contributed by atoms with van der Waals surface area (Å²) in [6, 6.07) is 0.765. The lowest BCUT2D eigenvalue weighted by Gasteiger charge is -2.27. The molecule has 2 heterocycles. The molecule has 21 heteroatoms. The first-order valence-electron chi connectivity index (χ1n) is 7.33. The van der Waals surface area contributed by atoms with Gasteiger partial charge in [0.25, 0.3) is 11.5 Å². The van der Waals surface area contributed by atoms with Crippen molar-refractivity contribution < 1.29 is 66.5 Å². The number of nitrogens with zero attached hydrogens (tertiary/aromatic N) is 1. The number of aromatic amines is 1. The largest absolute Gasteiger partial charge is 0.490 e. The van der Waals surface area contributed by atoms with Crippen LogP contribution in [0.2, 0.25) is 0 Å². The number of phosphoric acid groups is 3. The molecule has 0 spiro atoms. The van der Waals surface area contributed by atoms with E-state index in [4.69, 9.17) is 19.4 Å². The van der Waals surface area contributed by atoms with Crippen LogP contribution in [0.5, 0.6) is 0 Å². The second kappa shape index (κ2) is 8.46. The molecule has 6 atom stereocenters. The Hall–Kier alpha value is -1.07. The first-order valence-corrected chi connectivity index (χ1v) is 11.8. The Morgan fingerprint density at radius 1 is 1.10 bits per heavy atom. The summed E-state index contributed by atoms with van der Waals surface area (Å²) in [6.45, 7) is -1.22. The van der Waals surface area contributed by atoms with Crippen LogP contribution in [0, 0.1) is 0 Å². The quantitative estimate of drug-likeness (QED) is 0.161. The second-order valence-electron chi connectivity index (χ2n) is 5.62. The zero-order valence-electron chi connectivity index (χ0n) is 14.2. The number of aromatic nitrogens is 2. The third kappa shape index (κ3) is 6.00. The number of ether oxygens (including phenoxy) is 1. The van der Waals surface area contributed by atoms with Gasteiger partial charge >= 0.3 is 29.2 Å². The SMILES string of the molecule is O=c1ccn([C@]2(O)O[C@H](COP(=O)(O)OP(=O)(O)OP(=O)(O)O)[C@@H](O)[C@H]2O)c(=O)[nH]1. The van der Waals surface area contributed by atoms with Gasteiger partial charge in [-0.3, -0.25) is 14.3 Å². The molecule has 0 amide bonds. The smallest absolute Gasteiger partial charge is 0.387 e. The molecule has 1 aliphatic heterocycles. The first kappa shape index (κ1) is 25.2. The number of H-pyrrole nitrogens is 1. The molecule has 1 fully saturated rings. The van der Waals surface area contributed by atoms with E-state index >= 15 is 0 Å². The van der Waals surface area contributed by atoms with E-state index in [-0.39, 0.29) is 4.57 Å². The van der Waals surface area contributed by atoms with Gasteiger partial charge in [0.2, 0.25) is 0 Å². The second-order valence-corrected chi connectivity index (χ2v) is 10.0. The molecule has 30 heavy (non-hydrogen) atoms. The van der Waals surface area contributed by atoms with Crippen molar-refractivity contribution in [2.75, 3.05) is 6.61 Å².